The molecular formula is C19H17N3O7S2. The average molecular weight is 463 g/mol. The van der Waals surface area contributed by atoms with Crippen molar-refractivity contribution in [1.82, 2.24) is 0 Å². The standard InChI is InChI=1S/C19H17N3O7S2/c1-11-15(22(25)26)10-18(30-11)19(24)20-14-9-12(7-8-16(14)23)31(27,28)21-13-5-3-4-6-17(13)29-2/h3-10,21,23H,1-2H3,(H,20,24). The highest BCUT2D eigenvalue weighted by Crippen LogP contribution is 2.32. The summed E-state index contributed by atoms with van der Waals surface area (Å²) in [6.07, 6.45) is 0. The number of rotatable bonds is 7. The number of carbonyl (C=O) groups excluding carboxylic acids is 1. The summed E-state index contributed by atoms with van der Waals surface area (Å²) < 4.78 is 33.1. The number of aromatic hydroxyl groups is 1. The molecule has 1 heterocycles. The van der Waals surface area contributed by atoms with E-state index in [4.69, 9.17) is 4.74 Å². The van der Waals surface area contributed by atoms with Crippen LogP contribution >= 0.6 is 11.3 Å². The number of hydrogen-bond donors (Lipinski definition) is 3. The number of amides is 1. The van der Waals surface area contributed by atoms with Gasteiger partial charge in [0.15, 0.2) is 0 Å². The zero-order chi connectivity index (χ0) is 22.8. The Morgan fingerprint density at radius 2 is 1.87 bits per heavy atom. The first-order valence-corrected chi connectivity index (χ1v) is 11.0. The number of benzene rings is 2. The summed E-state index contributed by atoms with van der Waals surface area (Å²) >= 11 is 0.912. The quantitative estimate of drug-likeness (QED) is 0.275. The number of thiophene rings is 1. The van der Waals surface area contributed by atoms with Gasteiger partial charge in [-0.2, -0.15) is 0 Å². The second kappa shape index (κ2) is 8.62. The third kappa shape index (κ3) is 4.75. The number of phenolic OH excluding ortho intramolecular Hbond substituents is 1. The number of carbonyl (C=O) groups is 1. The highest BCUT2D eigenvalue weighted by molar-refractivity contribution is 7.92. The van der Waals surface area contributed by atoms with E-state index >= 15 is 0 Å². The first kappa shape index (κ1) is 22.1. The van der Waals surface area contributed by atoms with Gasteiger partial charge < -0.3 is 15.2 Å². The van der Waals surface area contributed by atoms with Crippen LogP contribution in [-0.2, 0) is 10.0 Å². The van der Waals surface area contributed by atoms with E-state index in [9.17, 15) is 28.4 Å². The molecule has 0 fully saturated rings. The Hall–Kier alpha value is -3.64. The Balaban J connectivity index is 1.88. The maximum Gasteiger partial charge on any atom is 0.283 e. The van der Waals surface area contributed by atoms with Crippen LogP contribution < -0.4 is 14.8 Å². The largest absolute Gasteiger partial charge is 0.506 e. The number of nitrogens with zero attached hydrogens (tertiary/aromatic N) is 1. The van der Waals surface area contributed by atoms with Crippen molar-refractivity contribution in [1.29, 1.82) is 0 Å². The Labute approximate surface area is 181 Å². The molecule has 1 amide bonds. The lowest BCUT2D eigenvalue weighted by molar-refractivity contribution is -0.385. The van der Waals surface area contributed by atoms with Crippen LogP contribution in [0, 0.1) is 17.0 Å². The van der Waals surface area contributed by atoms with Gasteiger partial charge >= 0.3 is 0 Å². The molecule has 0 aliphatic carbocycles. The highest BCUT2D eigenvalue weighted by atomic mass is 32.2. The van der Waals surface area contributed by atoms with E-state index in [1.165, 1.54) is 26.2 Å². The van der Waals surface area contributed by atoms with Gasteiger partial charge in [-0.1, -0.05) is 12.1 Å². The zero-order valence-electron chi connectivity index (χ0n) is 16.3. The maximum absolute atomic E-state index is 12.8. The zero-order valence-corrected chi connectivity index (χ0v) is 17.9. The summed E-state index contributed by atoms with van der Waals surface area (Å²) in [5.41, 5.74) is -0.150. The van der Waals surface area contributed by atoms with Gasteiger partial charge in [0.25, 0.3) is 21.6 Å². The van der Waals surface area contributed by atoms with Crippen LogP contribution in [-0.4, -0.2) is 31.5 Å². The average Bonchev–Trinajstić information content (AvgIpc) is 3.11. The second-order valence-corrected chi connectivity index (χ2v) is 9.19. The van der Waals surface area contributed by atoms with E-state index in [1.54, 1.807) is 18.2 Å². The number of ether oxygens (including phenoxy) is 1. The molecule has 0 unspecified atom stereocenters. The van der Waals surface area contributed by atoms with Crippen molar-refractivity contribution in [2.24, 2.45) is 0 Å². The van der Waals surface area contributed by atoms with Crippen LogP contribution in [0.25, 0.3) is 0 Å². The summed E-state index contributed by atoms with van der Waals surface area (Å²) in [7, 11) is -2.68. The minimum Gasteiger partial charge on any atom is -0.506 e. The van der Waals surface area contributed by atoms with Gasteiger partial charge in [-0.05, 0) is 37.3 Å². The van der Waals surface area contributed by atoms with Gasteiger partial charge in [0.05, 0.1) is 38.1 Å². The predicted molar refractivity (Wildman–Crippen MR) is 116 cm³/mol. The van der Waals surface area contributed by atoms with E-state index < -0.39 is 20.9 Å². The molecule has 0 aliphatic rings. The van der Waals surface area contributed by atoms with E-state index in [0.717, 1.165) is 29.5 Å². The fraction of sp³-hybridized carbons (Fsp3) is 0.105. The van der Waals surface area contributed by atoms with Crippen LogP contribution in [0.1, 0.15) is 14.5 Å². The molecule has 0 atom stereocenters. The number of nitro groups is 1. The summed E-state index contributed by atoms with van der Waals surface area (Å²) in [4.78, 5) is 23.0. The molecule has 0 saturated carbocycles. The van der Waals surface area contributed by atoms with Gasteiger partial charge in [0, 0.05) is 6.07 Å². The topological polar surface area (TPSA) is 148 Å². The fourth-order valence-electron chi connectivity index (χ4n) is 2.66. The van der Waals surface area contributed by atoms with Crippen LogP contribution in [0.5, 0.6) is 11.5 Å². The highest BCUT2D eigenvalue weighted by Gasteiger charge is 2.22. The molecule has 3 N–H and O–H groups in total. The van der Waals surface area contributed by atoms with Crippen molar-refractivity contribution in [2.45, 2.75) is 11.8 Å². The third-order valence-electron chi connectivity index (χ3n) is 4.19. The van der Waals surface area contributed by atoms with Gasteiger partial charge in [0.2, 0.25) is 0 Å². The van der Waals surface area contributed by atoms with Gasteiger partial charge in [0.1, 0.15) is 11.5 Å². The maximum atomic E-state index is 12.8. The van der Waals surface area contributed by atoms with Gasteiger partial charge in [-0.3, -0.25) is 19.6 Å². The van der Waals surface area contributed by atoms with Crippen molar-refractivity contribution >= 4 is 44.3 Å². The van der Waals surface area contributed by atoms with Crippen molar-refractivity contribution < 1.29 is 28.0 Å². The van der Waals surface area contributed by atoms with Crippen molar-refractivity contribution in [2.75, 3.05) is 17.1 Å². The smallest absolute Gasteiger partial charge is 0.283 e. The number of sulfonamides is 1. The van der Waals surface area contributed by atoms with E-state index in [0.29, 0.717) is 10.6 Å². The van der Waals surface area contributed by atoms with E-state index in [-0.39, 0.29) is 32.6 Å². The van der Waals surface area contributed by atoms with Crippen molar-refractivity contribution in [3.8, 4) is 11.5 Å². The van der Waals surface area contributed by atoms with E-state index in [1.807, 2.05) is 0 Å². The summed E-state index contributed by atoms with van der Waals surface area (Å²) in [5.74, 6) is -0.774. The molecule has 0 bridgehead atoms. The number of anilines is 2. The molecule has 3 rings (SSSR count). The summed E-state index contributed by atoms with van der Waals surface area (Å²) in [6, 6.07) is 10.9. The molecule has 10 nitrogen and oxygen atoms in total. The number of nitrogens with one attached hydrogen (secondary N) is 2. The minimum atomic E-state index is -4.08. The Morgan fingerprint density at radius 1 is 1.16 bits per heavy atom. The molecule has 31 heavy (non-hydrogen) atoms. The predicted octanol–water partition coefficient (Wildman–Crippen LogP) is 3.73. The molecule has 12 heteroatoms. The van der Waals surface area contributed by atoms with Crippen LogP contribution in [0.3, 0.4) is 0 Å². The van der Waals surface area contributed by atoms with Crippen LogP contribution in [0.2, 0.25) is 0 Å². The lowest BCUT2D eigenvalue weighted by Crippen LogP contribution is -2.15. The second-order valence-electron chi connectivity index (χ2n) is 6.25. The summed E-state index contributed by atoms with van der Waals surface area (Å²) in [5, 5.41) is 23.4. The monoisotopic (exact) mass is 463 g/mol. The minimum absolute atomic E-state index is 0.0454. The number of methoxy groups -OCH3 is 1. The number of aryl methyl sites for hydroxylation is 1. The van der Waals surface area contributed by atoms with Crippen molar-refractivity contribution in [3.63, 3.8) is 0 Å². The molecule has 0 spiro atoms. The number of para-hydroxylation sites is 2. The molecule has 0 radical (unpaired) electrons. The third-order valence-corrected chi connectivity index (χ3v) is 6.59. The SMILES string of the molecule is COc1ccccc1NS(=O)(=O)c1ccc(O)c(NC(=O)c2cc([N+](=O)[O-])c(C)s2)c1. The van der Waals surface area contributed by atoms with Gasteiger partial charge in [-0.25, -0.2) is 8.42 Å². The Bertz CT molecular complexity index is 1270. The first-order valence-electron chi connectivity index (χ1n) is 8.67. The molecule has 3 aromatic rings. The molecule has 0 saturated heterocycles. The lowest BCUT2D eigenvalue weighted by atomic mass is 10.3. The fourth-order valence-corrected chi connectivity index (χ4v) is 4.64. The molecule has 1 aromatic heterocycles. The van der Waals surface area contributed by atoms with Gasteiger partial charge in [-0.15, -0.1) is 11.3 Å². The van der Waals surface area contributed by atoms with E-state index in [2.05, 4.69) is 10.0 Å². The summed E-state index contributed by atoms with van der Waals surface area (Å²) in [6.45, 7) is 1.51. The normalized spacial score (nSPS) is 11.0. The Kier molecular flexibility index (Phi) is 6.13. The Morgan fingerprint density at radius 3 is 2.52 bits per heavy atom. The molecule has 0 aliphatic heterocycles. The molecule has 162 valence electrons. The lowest BCUT2D eigenvalue weighted by Gasteiger charge is -2.13. The first-order chi connectivity index (χ1) is 14.6. The van der Waals surface area contributed by atoms with Crippen LogP contribution in [0.15, 0.2) is 53.4 Å². The molecular weight excluding hydrogens is 446 g/mol. The molecule has 2 aromatic carbocycles. The van der Waals surface area contributed by atoms with Crippen LogP contribution in [0.4, 0.5) is 17.1 Å². The van der Waals surface area contributed by atoms with Crippen molar-refractivity contribution in [3.05, 3.63) is 68.4 Å². The number of hydrogen-bond acceptors (Lipinski definition) is 8. The number of phenols is 1.